The molecule has 4 heteroatoms. The first-order chi connectivity index (χ1) is 10.6. The van der Waals surface area contributed by atoms with Crippen LogP contribution < -0.4 is 9.47 Å². The standard InChI is InChI=1S/C16H18FNO2.C2H6/c1-11(2)14-7-6-13(17)9-15(14)20-10-12-5-4-8-18-16(12)19-3;1-2/h4-9,11H,10H2,1-3H3;1-2H3. The van der Waals surface area contributed by atoms with Crippen LogP contribution in [0.25, 0.3) is 0 Å². The van der Waals surface area contributed by atoms with E-state index in [4.69, 9.17) is 9.47 Å². The summed E-state index contributed by atoms with van der Waals surface area (Å²) in [6.45, 7) is 8.38. The number of hydrogen-bond donors (Lipinski definition) is 0. The van der Waals surface area contributed by atoms with Crippen LogP contribution in [0, 0.1) is 5.82 Å². The predicted octanol–water partition coefficient (Wildman–Crippen LogP) is 4.96. The average molecular weight is 305 g/mol. The van der Waals surface area contributed by atoms with Gasteiger partial charge in [0.2, 0.25) is 5.88 Å². The minimum absolute atomic E-state index is 0.265. The van der Waals surface area contributed by atoms with E-state index in [2.05, 4.69) is 4.98 Å². The molecule has 0 aliphatic heterocycles. The third-order valence-electron chi connectivity index (χ3n) is 3.02. The zero-order valence-electron chi connectivity index (χ0n) is 13.9. The quantitative estimate of drug-likeness (QED) is 0.782. The summed E-state index contributed by atoms with van der Waals surface area (Å²) < 4.78 is 24.3. The van der Waals surface area contributed by atoms with Crippen molar-refractivity contribution in [2.24, 2.45) is 0 Å². The molecule has 1 aromatic heterocycles. The van der Waals surface area contributed by atoms with Gasteiger partial charge >= 0.3 is 0 Å². The van der Waals surface area contributed by atoms with E-state index >= 15 is 0 Å². The third-order valence-corrected chi connectivity index (χ3v) is 3.02. The highest BCUT2D eigenvalue weighted by Gasteiger charge is 2.11. The van der Waals surface area contributed by atoms with Crippen LogP contribution in [0.15, 0.2) is 36.5 Å². The van der Waals surface area contributed by atoms with Gasteiger partial charge in [0.15, 0.2) is 0 Å². The second-order valence-electron chi connectivity index (χ2n) is 4.80. The summed E-state index contributed by atoms with van der Waals surface area (Å²) >= 11 is 0. The van der Waals surface area contributed by atoms with Gasteiger partial charge < -0.3 is 9.47 Å². The fourth-order valence-corrected chi connectivity index (χ4v) is 1.98. The maximum Gasteiger partial charge on any atom is 0.219 e. The molecule has 0 unspecified atom stereocenters. The number of hydrogen-bond acceptors (Lipinski definition) is 3. The van der Waals surface area contributed by atoms with Crippen LogP contribution in [0.2, 0.25) is 0 Å². The molecule has 0 bridgehead atoms. The molecule has 0 spiro atoms. The van der Waals surface area contributed by atoms with Gasteiger partial charge in [-0.3, -0.25) is 0 Å². The van der Waals surface area contributed by atoms with E-state index in [0.29, 0.717) is 18.2 Å². The Bertz CT molecular complexity index is 585. The molecule has 0 saturated carbocycles. The van der Waals surface area contributed by atoms with Crippen LogP contribution in [0.1, 0.15) is 44.7 Å². The van der Waals surface area contributed by atoms with E-state index in [-0.39, 0.29) is 11.7 Å². The molecule has 0 aliphatic rings. The Morgan fingerprint density at radius 3 is 2.55 bits per heavy atom. The molecule has 22 heavy (non-hydrogen) atoms. The van der Waals surface area contributed by atoms with Gasteiger partial charge in [0.25, 0.3) is 0 Å². The number of halogens is 1. The van der Waals surface area contributed by atoms with Gasteiger partial charge in [-0.15, -0.1) is 0 Å². The number of benzene rings is 1. The highest BCUT2D eigenvalue weighted by molar-refractivity contribution is 5.37. The van der Waals surface area contributed by atoms with Crippen LogP contribution in [0.3, 0.4) is 0 Å². The largest absolute Gasteiger partial charge is 0.488 e. The van der Waals surface area contributed by atoms with Gasteiger partial charge in [-0.2, -0.15) is 0 Å². The Balaban J connectivity index is 0.00000116. The van der Waals surface area contributed by atoms with E-state index in [1.165, 1.54) is 12.1 Å². The smallest absolute Gasteiger partial charge is 0.219 e. The summed E-state index contributed by atoms with van der Waals surface area (Å²) in [4.78, 5) is 4.11. The number of rotatable bonds is 5. The van der Waals surface area contributed by atoms with Crippen molar-refractivity contribution >= 4 is 0 Å². The Labute approximate surface area is 132 Å². The van der Waals surface area contributed by atoms with Crippen molar-refractivity contribution in [1.82, 2.24) is 4.98 Å². The normalized spacial score (nSPS) is 9.95. The number of aromatic nitrogens is 1. The lowest BCUT2D eigenvalue weighted by atomic mass is 10.0. The van der Waals surface area contributed by atoms with Crippen molar-refractivity contribution in [3.8, 4) is 11.6 Å². The van der Waals surface area contributed by atoms with Crippen LogP contribution >= 0.6 is 0 Å². The Hall–Kier alpha value is -2.10. The topological polar surface area (TPSA) is 31.4 Å². The second kappa shape index (κ2) is 9.03. The summed E-state index contributed by atoms with van der Waals surface area (Å²) in [5, 5.41) is 0. The minimum atomic E-state index is -0.303. The first-order valence-corrected chi connectivity index (χ1v) is 7.52. The molecule has 0 radical (unpaired) electrons. The van der Waals surface area contributed by atoms with E-state index in [9.17, 15) is 4.39 Å². The van der Waals surface area contributed by atoms with Gasteiger partial charge in [0.05, 0.1) is 12.7 Å². The summed E-state index contributed by atoms with van der Waals surface area (Å²) in [5.74, 6) is 1.05. The first-order valence-electron chi connectivity index (χ1n) is 7.52. The molecule has 1 aromatic carbocycles. The molecular weight excluding hydrogens is 281 g/mol. The zero-order chi connectivity index (χ0) is 16.5. The zero-order valence-corrected chi connectivity index (χ0v) is 13.9. The molecule has 0 aliphatic carbocycles. The fourth-order valence-electron chi connectivity index (χ4n) is 1.98. The molecule has 0 N–H and O–H groups in total. The van der Waals surface area contributed by atoms with Crippen molar-refractivity contribution < 1.29 is 13.9 Å². The fraction of sp³-hybridized carbons (Fsp3) is 0.389. The third kappa shape index (κ3) is 4.72. The Morgan fingerprint density at radius 1 is 1.18 bits per heavy atom. The summed E-state index contributed by atoms with van der Waals surface area (Å²) in [5.41, 5.74) is 1.81. The summed E-state index contributed by atoms with van der Waals surface area (Å²) in [6.07, 6.45) is 1.66. The van der Waals surface area contributed by atoms with Gasteiger partial charge in [-0.1, -0.05) is 33.8 Å². The van der Waals surface area contributed by atoms with Crippen molar-refractivity contribution in [2.75, 3.05) is 7.11 Å². The summed E-state index contributed by atoms with van der Waals surface area (Å²) in [7, 11) is 1.56. The monoisotopic (exact) mass is 305 g/mol. The van der Waals surface area contributed by atoms with Crippen LogP contribution in [-0.4, -0.2) is 12.1 Å². The van der Waals surface area contributed by atoms with E-state index in [1.807, 2.05) is 39.8 Å². The van der Waals surface area contributed by atoms with E-state index in [0.717, 1.165) is 11.1 Å². The Morgan fingerprint density at radius 2 is 1.91 bits per heavy atom. The molecule has 0 fully saturated rings. The lowest BCUT2D eigenvalue weighted by molar-refractivity contribution is 0.289. The van der Waals surface area contributed by atoms with Gasteiger partial charge in [0, 0.05) is 12.3 Å². The van der Waals surface area contributed by atoms with E-state index < -0.39 is 0 Å². The van der Waals surface area contributed by atoms with Crippen LogP contribution in [0.4, 0.5) is 4.39 Å². The maximum atomic E-state index is 13.4. The highest BCUT2D eigenvalue weighted by atomic mass is 19.1. The van der Waals surface area contributed by atoms with Crippen molar-refractivity contribution in [3.63, 3.8) is 0 Å². The van der Waals surface area contributed by atoms with Gasteiger partial charge in [-0.05, 0) is 29.7 Å². The first kappa shape index (κ1) is 18.0. The van der Waals surface area contributed by atoms with E-state index in [1.54, 1.807) is 19.4 Å². The summed E-state index contributed by atoms with van der Waals surface area (Å²) in [6, 6.07) is 8.32. The molecular formula is C18H24FNO2. The lowest BCUT2D eigenvalue weighted by Gasteiger charge is -2.15. The number of ether oxygens (including phenoxy) is 2. The minimum Gasteiger partial charge on any atom is -0.488 e. The maximum absolute atomic E-state index is 13.4. The molecule has 0 atom stereocenters. The Kier molecular flexibility index (Phi) is 7.37. The van der Waals surface area contributed by atoms with Crippen molar-refractivity contribution in [1.29, 1.82) is 0 Å². The molecule has 0 saturated heterocycles. The van der Waals surface area contributed by atoms with Crippen molar-refractivity contribution in [3.05, 3.63) is 53.5 Å². The second-order valence-corrected chi connectivity index (χ2v) is 4.80. The SMILES string of the molecule is CC.COc1ncccc1COc1cc(F)ccc1C(C)C. The number of methoxy groups -OCH3 is 1. The van der Waals surface area contributed by atoms with Gasteiger partial charge in [-0.25, -0.2) is 9.37 Å². The number of nitrogens with zero attached hydrogens (tertiary/aromatic N) is 1. The van der Waals surface area contributed by atoms with Crippen LogP contribution in [0.5, 0.6) is 11.6 Å². The molecule has 3 nitrogen and oxygen atoms in total. The lowest BCUT2D eigenvalue weighted by Crippen LogP contribution is -2.03. The molecule has 120 valence electrons. The highest BCUT2D eigenvalue weighted by Crippen LogP contribution is 2.28. The molecule has 2 aromatic rings. The number of pyridine rings is 1. The van der Waals surface area contributed by atoms with Crippen molar-refractivity contribution in [2.45, 2.75) is 40.2 Å². The average Bonchev–Trinajstić information content (AvgIpc) is 2.54. The van der Waals surface area contributed by atoms with Crippen LogP contribution in [-0.2, 0) is 6.61 Å². The molecule has 1 heterocycles. The predicted molar refractivity (Wildman–Crippen MR) is 87.0 cm³/mol. The molecule has 2 rings (SSSR count). The molecule has 0 amide bonds. The van der Waals surface area contributed by atoms with Gasteiger partial charge in [0.1, 0.15) is 18.2 Å².